The Hall–Kier alpha value is -3.39. The molecule has 184 valence electrons. The van der Waals surface area contributed by atoms with Crippen LogP contribution >= 0.6 is 0 Å². The molecule has 0 spiro atoms. The van der Waals surface area contributed by atoms with Gasteiger partial charge in [-0.05, 0) is 42.0 Å². The minimum Gasteiger partial charge on any atom is -0.481 e. The monoisotopic (exact) mass is 478 g/mol. The number of carbonyl (C=O) groups excluding carboxylic acids is 2. The third-order valence-electron chi connectivity index (χ3n) is 7.64. The van der Waals surface area contributed by atoms with Crippen molar-refractivity contribution >= 4 is 18.0 Å². The fourth-order valence-corrected chi connectivity index (χ4v) is 5.59. The highest BCUT2D eigenvalue weighted by atomic mass is 16.5. The van der Waals surface area contributed by atoms with Crippen molar-refractivity contribution < 1.29 is 29.0 Å². The molecule has 0 bridgehead atoms. The standard InChI is InChI=1S/C27H30N2O6/c1-27(25(32)29-12-6-7-17(13-29)24(30)31)16-34-15-23(27)28-26(33)35-14-22-20-10-4-2-8-18(20)19-9-3-5-11-21(19)22/h2-5,8-11,17,22-23H,6-7,12-16H2,1H3,(H,28,33)(H,30,31)/t17-,23?,27?/m1/s1. The summed E-state index contributed by atoms with van der Waals surface area (Å²) in [6.07, 6.45) is 0.612. The molecule has 0 saturated carbocycles. The quantitative estimate of drug-likeness (QED) is 0.684. The number of alkyl carbamates (subject to hydrolysis) is 1. The van der Waals surface area contributed by atoms with E-state index in [1.807, 2.05) is 24.3 Å². The smallest absolute Gasteiger partial charge is 0.407 e. The zero-order valence-corrected chi connectivity index (χ0v) is 19.7. The maximum absolute atomic E-state index is 13.4. The molecule has 5 rings (SSSR count). The first-order chi connectivity index (χ1) is 16.9. The number of hydrogen-bond acceptors (Lipinski definition) is 5. The molecule has 2 saturated heterocycles. The maximum Gasteiger partial charge on any atom is 0.407 e. The number of piperidine rings is 1. The summed E-state index contributed by atoms with van der Waals surface area (Å²) in [5.41, 5.74) is 3.58. The van der Waals surface area contributed by atoms with Crippen LogP contribution in [0.1, 0.15) is 36.8 Å². The molecule has 35 heavy (non-hydrogen) atoms. The second-order valence-corrected chi connectivity index (χ2v) is 9.88. The number of nitrogens with one attached hydrogen (secondary N) is 1. The summed E-state index contributed by atoms with van der Waals surface area (Å²) >= 11 is 0. The van der Waals surface area contributed by atoms with Crippen LogP contribution in [0, 0.1) is 11.3 Å². The molecule has 2 heterocycles. The van der Waals surface area contributed by atoms with Crippen LogP contribution in [0.15, 0.2) is 48.5 Å². The van der Waals surface area contributed by atoms with Gasteiger partial charge in [0.25, 0.3) is 0 Å². The Balaban J connectivity index is 1.24. The third kappa shape index (κ3) is 4.27. The van der Waals surface area contributed by atoms with Gasteiger partial charge in [0.2, 0.25) is 5.91 Å². The molecular formula is C27H30N2O6. The number of ether oxygens (including phenoxy) is 2. The molecule has 1 aliphatic carbocycles. The van der Waals surface area contributed by atoms with Gasteiger partial charge in [0, 0.05) is 19.0 Å². The first kappa shape index (κ1) is 23.4. The fraction of sp³-hybridized carbons (Fsp3) is 0.444. The van der Waals surface area contributed by atoms with E-state index in [-0.39, 0.29) is 38.2 Å². The predicted octanol–water partition coefficient (Wildman–Crippen LogP) is 3.25. The van der Waals surface area contributed by atoms with E-state index in [9.17, 15) is 19.5 Å². The van der Waals surface area contributed by atoms with Crippen molar-refractivity contribution in [1.82, 2.24) is 10.2 Å². The minimum absolute atomic E-state index is 0.0534. The van der Waals surface area contributed by atoms with Gasteiger partial charge in [-0.2, -0.15) is 0 Å². The Morgan fingerprint density at radius 3 is 2.43 bits per heavy atom. The van der Waals surface area contributed by atoms with Gasteiger partial charge in [0.1, 0.15) is 6.61 Å². The summed E-state index contributed by atoms with van der Waals surface area (Å²) in [6, 6.07) is 15.7. The van der Waals surface area contributed by atoms with Gasteiger partial charge < -0.3 is 24.8 Å². The van der Waals surface area contributed by atoms with Gasteiger partial charge in [-0.15, -0.1) is 0 Å². The lowest BCUT2D eigenvalue weighted by atomic mass is 9.82. The fourth-order valence-electron chi connectivity index (χ4n) is 5.59. The molecule has 8 nitrogen and oxygen atoms in total. The van der Waals surface area contributed by atoms with E-state index in [0.29, 0.717) is 19.4 Å². The molecule has 2 aromatic rings. The zero-order chi connectivity index (χ0) is 24.6. The van der Waals surface area contributed by atoms with Crippen LogP contribution in [0.2, 0.25) is 0 Å². The highest BCUT2D eigenvalue weighted by Crippen LogP contribution is 2.44. The first-order valence-electron chi connectivity index (χ1n) is 12.1. The molecule has 3 atom stereocenters. The van der Waals surface area contributed by atoms with Crippen molar-refractivity contribution in [1.29, 1.82) is 0 Å². The number of carbonyl (C=O) groups is 3. The number of hydrogen-bond donors (Lipinski definition) is 2. The molecule has 2 aromatic carbocycles. The largest absolute Gasteiger partial charge is 0.481 e. The number of amides is 2. The molecule has 0 radical (unpaired) electrons. The van der Waals surface area contributed by atoms with Gasteiger partial charge in [-0.1, -0.05) is 48.5 Å². The Morgan fingerprint density at radius 1 is 1.11 bits per heavy atom. The SMILES string of the molecule is CC1(C(=O)N2CCC[C@@H](C(=O)O)C2)COCC1NC(=O)OCC1c2ccccc2-c2ccccc21. The van der Waals surface area contributed by atoms with Crippen LogP contribution in [0.4, 0.5) is 4.79 Å². The van der Waals surface area contributed by atoms with Crippen molar-refractivity contribution in [3.05, 3.63) is 59.7 Å². The van der Waals surface area contributed by atoms with Crippen molar-refractivity contribution in [2.75, 3.05) is 32.9 Å². The van der Waals surface area contributed by atoms with E-state index in [2.05, 4.69) is 29.6 Å². The Labute approximate surface area is 204 Å². The normalized spacial score (nSPS) is 25.6. The molecular weight excluding hydrogens is 448 g/mol. The van der Waals surface area contributed by atoms with Crippen molar-refractivity contribution in [3.63, 3.8) is 0 Å². The Kier molecular flexibility index (Phi) is 6.23. The summed E-state index contributed by atoms with van der Waals surface area (Å²) in [4.78, 5) is 39.2. The van der Waals surface area contributed by atoms with E-state index >= 15 is 0 Å². The lowest BCUT2D eigenvalue weighted by molar-refractivity contribution is -0.149. The molecule has 2 amide bonds. The molecule has 0 aromatic heterocycles. The van der Waals surface area contributed by atoms with Gasteiger partial charge in [0.15, 0.2) is 0 Å². The molecule has 2 aliphatic heterocycles. The van der Waals surface area contributed by atoms with Gasteiger partial charge >= 0.3 is 12.1 Å². The number of aliphatic carboxylic acids is 1. The van der Waals surface area contributed by atoms with Crippen molar-refractivity contribution in [2.45, 2.75) is 31.7 Å². The second kappa shape index (κ2) is 9.34. The number of benzene rings is 2. The van der Waals surface area contributed by atoms with E-state index in [0.717, 1.165) is 22.3 Å². The summed E-state index contributed by atoms with van der Waals surface area (Å²) in [6.45, 7) is 3.00. The average Bonchev–Trinajstić information content (AvgIpc) is 3.40. The predicted molar refractivity (Wildman–Crippen MR) is 128 cm³/mol. The Morgan fingerprint density at radius 2 is 1.77 bits per heavy atom. The topological polar surface area (TPSA) is 105 Å². The highest BCUT2D eigenvalue weighted by Gasteiger charge is 2.50. The molecule has 2 N–H and O–H groups in total. The molecule has 2 fully saturated rings. The highest BCUT2D eigenvalue weighted by molar-refractivity contribution is 5.85. The maximum atomic E-state index is 13.4. The van der Waals surface area contributed by atoms with E-state index in [4.69, 9.17) is 9.47 Å². The van der Waals surface area contributed by atoms with Gasteiger partial charge in [0.05, 0.1) is 30.6 Å². The zero-order valence-electron chi connectivity index (χ0n) is 19.7. The second-order valence-electron chi connectivity index (χ2n) is 9.88. The van der Waals surface area contributed by atoms with Crippen LogP contribution in [-0.4, -0.2) is 66.9 Å². The summed E-state index contributed by atoms with van der Waals surface area (Å²) in [5.74, 6) is -1.69. The lowest BCUT2D eigenvalue weighted by Gasteiger charge is -2.38. The lowest BCUT2D eigenvalue weighted by Crippen LogP contribution is -2.56. The number of fused-ring (bicyclic) bond motifs is 3. The summed E-state index contributed by atoms with van der Waals surface area (Å²) in [5, 5.41) is 12.2. The number of likely N-dealkylation sites (tertiary alicyclic amines) is 1. The molecule has 2 unspecified atom stereocenters. The van der Waals surface area contributed by atoms with E-state index in [1.54, 1.807) is 11.8 Å². The van der Waals surface area contributed by atoms with Crippen LogP contribution < -0.4 is 5.32 Å². The van der Waals surface area contributed by atoms with Crippen LogP contribution in [0.25, 0.3) is 11.1 Å². The van der Waals surface area contributed by atoms with Crippen LogP contribution in [0.5, 0.6) is 0 Å². The van der Waals surface area contributed by atoms with Gasteiger partial charge in [-0.25, -0.2) is 4.79 Å². The first-order valence-corrected chi connectivity index (χ1v) is 12.1. The van der Waals surface area contributed by atoms with E-state index < -0.39 is 29.4 Å². The summed E-state index contributed by atoms with van der Waals surface area (Å²) < 4.78 is 11.3. The minimum atomic E-state index is -0.980. The third-order valence-corrected chi connectivity index (χ3v) is 7.64. The number of nitrogens with zero attached hydrogens (tertiary/aromatic N) is 1. The average molecular weight is 479 g/mol. The number of rotatable bonds is 5. The Bertz CT molecular complexity index is 1100. The van der Waals surface area contributed by atoms with Gasteiger partial charge in [-0.3, -0.25) is 9.59 Å². The summed E-state index contributed by atoms with van der Waals surface area (Å²) in [7, 11) is 0. The van der Waals surface area contributed by atoms with E-state index in [1.165, 1.54) is 0 Å². The van der Waals surface area contributed by atoms with Crippen LogP contribution in [-0.2, 0) is 19.1 Å². The van der Waals surface area contributed by atoms with Crippen molar-refractivity contribution in [3.8, 4) is 11.1 Å². The molecule has 8 heteroatoms. The van der Waals surface area contributed by atoms with Crippen molar-refractivity contribution in [2.24, 2.45) is 11.3 Å². The van der Waals surface area contributed by atoms with Crippen LogP contribution in [0.3, 0.4) is 0 Å². The number of carboxylic acid groups (broad SMARTS) is 1. The molecule has 3 aliphatic rings. The number of carboxylic acids is 1.